The average Bonchev–Trinajstić information content (AvgIpc) is 2.36. The average molecular weight is 310 g/mol. The summed E-state index contributed by atoms with van der Waals surface area (Å²) in [6.45, 7) is 0. The summed E-state index contributed by atoms with van der Waals surface area (Å²) < 4.78 is 0.805. The first-order chi connectivity index (χ1) is 8.22. The summed E-state index contributed by atoms with van der Waals surface area (Å²) >= 11 is 9.31. The molecule has 0 saturated carbocycles. The van der Waals surface area contributed by atoms with Gasteiger partial charge in [-0.3, -0.25) is 0 Å². The molecule has 1 nitrogen and oxygen atoms in total. The van der Waals surface area contributed by atoms with Gasteiger partial charge < -0.3 is 4.79 Å². The van der Waals surface area contributed by atoms with Crippen molar-refractivity contribution in [2.45, 2.75) is 5.92 Å². The highest BCUT2D eigenvalue weighted by atomic mass is 79.9. The molecular weight excluding hydrogens is 300 g/mol. The fraction of sp³-hybridized carbons (Fsp3) is 0.0714. The molecule has 0 aliphatic heterocycles. The maximum Gasteiger partial charge on any atom is 0.131 e. The lowest BCUT2D eigenvalue weighted by Gasteiger charge is -2.11. The minimum absolute atomic E-state index is 0.246. The lowest BCUT2D eigenvalue weighted by molar-refractivity contribution is -0.108. The van der Waals surface area contributed by atoms with Gasteiger partial charge in [0, 0.05) is 4.47 Å². The molecule has 2 aromatic carbocycles. The van der Waals surface area contributed by atoms with Crippen LogP contribution >= 0.6 is 27.5 Å². The largest absolute Gasteiger partial charge is 0.302 e. The van der Waals surface area contributed by atoms with Gasteiger partial charge in [0.05, 0.1) is 10.9 Å². The van der Waals surface area contributed by atoms with E-state index in [0.717, 1.165) is 21.9 Å². The molecule has 3 heteroatoms. The van der Waals surface area contributed by atoms with Crippen LogP contribution in [0.15, 0.2) is 53.0 Å². The summed E-state index contributed by atoms with van der Waals surface area (Å²) in [6, 6.07) is 15.2. The SMILES string of the molecule is O=CC(c1ccccc1)c1ccc(Cl)c(Br)c1. The number of rotatable bonds is 3. The number of aldehydes is 1. The third-order valence-corrected chi connectivity index (χ3v) is 3.81. The number of halogens is 2. The van der Waals surface area contributed by atoms with Gasteiger partial charge in [-0.25, -0.2) is 0 Å². The van der Waals surface area contributed by atoms with Crippen molar-refractivity contribution < 1.29 is 4.79 Å². The Bertz CT molecular complexity index is 525. The van der Waals surface area contributed by atoms with Crippen LogP contribution in [0.1, 0.15) is 17.0 Å². The molecule has 0 fully saturated rings. The molecular formula is C14H10BrClO. The molecule has 0 amide bonds. The maximum absolute atomic E-state index is 11.3. The second-order valence-corrected chi connectivity index (χ2v) is 4.96. The Morgan fingerprint density at radius 3 is 2.35 bits per heavy atom. The van der Waals surface area contributed by atoms with Gasteiger partial charge in [-0.15, -0.1) is 0 Å². The van der Waals surface area contributed by atoms with E-state index in [2.05, 4.69) is 15.9 Å². The predicted octanol–water partition coefficient (Wildman–Crippen LogP) is 4.43. The lowest BCUT2D eigenvalue weighted by Crippen LogP contribution is -2.02. The van der Waals surface area contributed by atoms with E-state index < -0.39 is 0 Å². The molecule has 0 N–H and O–H groups in total. The highest BCUT2D eigenvalue weighted by Crippen LogP contribution is 2.29. The zero-order valence-electron chi connectivity index (χ0n) is 8.94. The second-order valence-electron chi connectivity index (χ2n) is 3.70. The maximum atomic E-state index is 11.3. The molecule has 0 aliphatic carbocycles. The third kappa shape index (κ3) is 2.76. The second kappa shape index (κ2) is 5.48. The quantitative estimate of drug-likeness (QED) is 0.766. The van der Waals surface area contributed by atoms with Gasteiger partial charge in [0.25, 0.3) is 0 Å². The first-order valence-corrected chi connectivity index (χ1v) is 6.34. The van der Waals surface area contributed by atoms with E-state index in [-0.39, 0.29) is 5.92 Å². The van der Waals surface area contributed by atoms with E-state index in [0.29, 0.717) is 5.02 Å². The Morgan fingerprint density at radius 1 is 1.06 bits per heavy atom. The van der Waals surface area contributed by atoms with Crippen molar-refractivity contribution in [2.24, 2.45) is 0 Å². The number of carbonyl (C=O) groups excluding carboxylic acids is 1. The van der Waals surface area contributed by atoms with Crippen LogP contribution in [-0.2, 0) is 4.79 Å². The fourth-order valence-electron chi connectivity index (χ4n) is 1.72. The molecule has 86 valence electrons. The van der Waals surface area contributed by atoms with Crippen molar-refractivity contribution >= 4 is 33.8 Å². The number of carbonyl (C=O) groups is 1. The van der Waals surface area contributed by atoms with E-state index in [1.165, 1.54) is 0 Å². The van der Waals surface area contributed by atoms with Crippen molar-refractivity contribution in [3.8, 4) is 0 Å². The molecule has 0 spiro atoms. The van der Waals surface area contributed by atoms with Crippen molar-refractivity contribution in [1.82, 2.24) is 0 Å². The summed E-state index contributed by atoms with van der Waals surface area (Å²) in [4.78, 5) is 11.3. The van der Waals surface area contributed by atoms with E-state index in [1.807, 2.05) is 42.5 Å². The van der Waals surface area contributed by atoms with E-state index in [1.54, 1.807) is 6.07 Å². The van der Waals surface area contributed by atoms with Crippen LogP contribution in [0.3, 0.4) is 0 Å². The molecule has 1 unspecified atom stereocenters. The van der Waals surface area contributed by atoms with Gasteiger partial charge >= 0.3 is 0 Å². The van der Waals surface area contributed by atoms with Gasteiger partial charge in [-0.1, -0.05) is 48.0 Å². The minimum atomic E-state index is -0.246. The molecule has 0 radical (unpaired) electrons. The Hall–Kier alpha value is -1.12. The lowest BCUT2D eigenvalue weighted by atomic mass is 9.93. The van der Waals surface area contributed by atoms with Crippen LogP contribution in [0, 0.1) is 0 Å². The normalized spacial score (nSPS) is 12.1. The predicted molar refractivity (Wildman–Crippen MR) is 73.5 cm³/mol. The van der Waals surface area contributed by atoms with Gasteiger partial charge in [-0.05, 0) is 39.2 Å². The first kappa shape index (κ1) is 12.3. The first-order valence-electron chi connectivity index (χ1n) is 5.17. The summed E-state index contributed by atoms with van der Waals surface area (Å²) in [7, 11) is 0. The summed E-state index contributed by atoms with van der Waals surface area (Å²) in [5.41, 5.74) is 1.92. The van der Waals surface area contributed by atoms with Crippen LogP contribution in [0.25, 0.3) is 0 Å². The molecule has 17 heavy (non-hydrogen) atoms. The highest BCUT2D eigenvalue weighted by Gasteiger charge is 2.13. The van der Waals surface area contributed by atoms with Gasteiger partial charge in [0.15, 0.2) is 0 Å². The molecule has 1 atom stereocenters. The standard InChI is InChI=1S/C14H10BrClO/c15-13-8-11(6-7-14(13)16)12(9-17)10-4-2-1-3-5-10/h1-9,12H. The number of hydrogen-bond acceptors (Lipinski definition) is 1. The van der Waals surface area contributed by atoms with Crippen LogP contribution in [0.4, 0.5) is 0 Å². The molecule has 0 aromatic heterocycles. The zero-order chi connectivity index (χ0) is 12.3. The smallest absolute Gasteiger partial charge is 0.131 e. The Morgan fingerprint density at radius 2 is 1.76 bits per heavy atom. The molecule has 0 aliphatic rings. The molecule has 2 rings (SSSR count). The van der Waals surface area contributed by atoms with Crippen molar-refractivity contribution in [3.05, 3.63) is 69.2 Å². The molecule has 0 saturated heterocycles. The van der Waals surface area contributed by atoms with Crippen LogP contribution in [-0.4, -0.2) is 6.29 Å². The minimum Gasteiger partial charge on any atom is -0.302 e. The topological polar surface area (TPSA) is 17.1 Å². The van der Waals surface area contributed by atoms with Gasteiger partial charge in [0.1, 0.15) is 6.29 Å². The van der Waals surface area contributed by atoms with Crippen molar-refractivity contribution in [3.63, 3.8) is 0 Å². The van der Waals surface area contributed by atoms with E-state index in [4.69, 9.17) is 11.6 Å². The summed E-state index contributed by atoms with van der Waals surface area (Å²) in [5.74, 6) is -0.246. The highest BCUT2D eigenvalue weighted by molar-refractivity contribution is 9.10. The van der Waals surface area contributed by atoms with Crippen LogP contribution in [0.5, 0.6) is 0 Å². The van der Waals surface area contributed by atoms with E-state index in [9.17, 15) is 4.79 Å². The van der Waals surface area contributed by atoms with Crippen LogP contribution in [0.2, 0.25) is 5.02 Å². The van der Waals surface area contributed by atoms with Gasteiger partial charge in [0.2, 0.25) is 0 Å². The molecule has 0 bridgehead atoms. The van der Waals surface area contributed by atoms with Crippen molar-refractivity contribution in [1.29, 1.82) is 0 Å². The Balaban J connectivity index is 2.42. The Labute approximate surface area is 114 Å². The summed E-state index contributed by atoms with van der Waals surface area (Å²) in [6.07, 6.45) is 0.949. The van der Waals surface area contributed by atoms with Gasteiger partial charge in [-0.2, -0.15) is 0 Å². The third-order valence-electron chi connectivity index (χ3n) is 2.60. The monoisotopic (exact) mass is 308 g/mol. The number of hydrogen-bond donors (Lipinski definition) is 0. The van der Waals surface area contributed by atoms with Crippen LogP contribution < -0.4 is 0 Å². The van der Waals surface area contributed by atoms with E-state index >= 15 is 0 Å². The summed E-state index contributed by atoms with van der Waals surface area (Å²) in [5, 5.41) is 0.645. The fourth-order valence-corrected chi connectivity index (χ4v) is 2.23. The number of benzene rings is 2. The molecule has 2 aromatic rings. The van der Waals surface area contributed by atoms with Crippen molar-refractivity contribution in [2.75, 3.05) is 0 Å². The Kier molecular flexibility index (Phi) is 3.97. The molecule has 0 heterocycles. The zero-order valence-corrected chi connectivity index (χ0v) is 11.3.